The molecule has 8 heteroatoms. The molecule has 2 heterocycles. The average Bonchev–Trinajstić information content (AvgIpc) is 3.28. The Labute approximate surface area is 205 Å². The first-order valence-corrected chi connectivity index (χ1v) is 12.4. The third-order valence-electron chi connectivity index (χ3n) is 6.03. The second-order valence-electron chi connectivity index (χ2n) is 8.51. The minimum Gasteiger partial charge on any atom is -0.493 e. The van der Waals surface area contributed by atoms with E-state index >= 15 is 0 Å². The number of hydrogen-bond donors (Lipinski definition) is 1. The number of rotatable bonds is 9. The van der Waals surface area contributed by atoms with Crippen LogP contribution in [0, 0.1) is 6.92 Å². The number of amides is 1. The third-order valence-corrected chi connectivity index (χ3v) is 6.93. The van der Waals surface area contributed by atoms with E-state index in [9.17, 15) is 4.79 Å². The van der Waals surface area contributed by atoms with Gasteiger partial charge in [-0.1, -0.05) is 24.3 Å². The molecular weight excluding hydrogens is 448 g/mol. The van der Waals surface area contributed by atoms with Gasteiger partial charge in [0, 0.05) is 50.3 Å². The van der Waals surface area contributed by atoms with Crippen LogP contribution in [0.4, 0.5) is 5.69 Å². The molecule has 1 aliphatic rings. The SMILES string of the molecule is COc1ccc(CN2CCN(Cc3csc(CC(=O)Nc4ccccc4C)n3)CC2)cc1OC. The number of para-hydroxylation sites is 1. The zero-order chi connectivity index (χ0) is 23.9. The Morgan fingerprint density at radius 2 is 1.71 bits per heavy atom. The van der Waals surface area contributed by atoms with Crippen molar-refractivity contribution in [1.82, 2.24) is 14.8 Å². The largest absolute Gasteiger partial charge is 0.493 e. The lowest BCUT2D eigenvalue weighted by Crippen LogP contribution is -2.45. The molecule has 3 aromatic rings. The van der Waals surface area contributed by atoms with E-state index in [1.807, 2.05) is 37.3 Å². The van der Waals surface area contributed by atoms with Crippen LogP contribution < -0.4 is 14.8 Å². The van der Waals surface area contributed by atoms with E-state index in [2.05, 4.69) is 32.6 Å². The first kappa shape index (κ1) is 24.2. The van der Waals surface area contributed by atoms with Crippen molar-refractivity contribution >= 4 is 22.9 Å². The molecule has 7 nitrogen and oxygen atoms in total. The molecule has 180 valence electrons. The topological polar surface area (TPSA) is 66.9 Å². The number of carbonyl (C=O) groups excluding carboxylic acids is 1. The van der Waals surface area contributed by atoms with Crippen molar-refractivity contribution in [3.63, 3.8) is 0 Å². The van der Waals surface area contributed by atoms with Gasteiger partial charge in [-0.05, 0) is 36.2 Å². The number of nitrogens with one attached hydrogen (secondary N) is 1. The van der Waals surface area contributed by atoms with Crippen LogP contribution in [0.15, 0.2) is 47.8 Å². The van der Waals surface area contributed by atoms with E-state index in [-0.39, 0.29) is 5.91 Å². The third kappa shape index (κ3) is 6.34. The van der Waals surface area contributed by atoms with Crippen molar-refractivity contribution in [2.75, 3.05) is 45.7 Å². The second kappa shape index (κ2) is 11.5. The van der Waals surface area contributed by atoms with Gasteiger partial charge in [0.15, 0.2) is 11.5 Å². The zero-order valence-electron chi connectivity index (χ0n) is 20.0. The summed E-state index contributed by atoms with van der Waals surface area (Å²) in [5, 5.41) is 5.92. The highest BCUT2D eigenvalue weighted by Gasteiger charge is 2.19. The van der Waals surface area contributed by atoms with E-state index in [0.717, 1.165) is 72.7 Å². The summed E-state index contributed by atoms with van der Waals surface area (Å²) in [6, 6.07) is 13.9. The average molecular weight is 481 g/mol. The van der Waals surface area contributed by atoms with Crippen LogP contribution >= 0.6 is 11.3 Å². The maximum atomic E-state index is 12.4. The normalized spacial score (nSPS) is 14.7. The predicted octanol–water partition coefficient (Wildman–Crippen LogP) is 3.97. The molecule has 0 saturated carbocycles. The van der Waals surface area contributed by atoms with E-state index < -0.39 is 0 Å². The van der Waals surface area contributed by atoms with Crippen molar-refractivity contribution in [1.29, 1.82) is 0 Å². The number of ether oxygens (including phenoxy) is 2. The van der Waals surface area contributed by atoms with Crippen LogP contribution in [0.1, 0.15) is 21.8 Å². The molecule has 0 unspecified atom stereocenters. The molecule has 1 N–H and O–H groups in total. The molecule has 1 fully saturated rings. The van der Waals surface area contributed by atoms with Gasteiger partial charge in [0.1, 0.15) is 5.01 Å². The van der Waals surface area contributed by atoms with E-state index in [1.54, 1.807) is 25.6 Å². The smallest absolute Gasteiger partial charge is 0.231 e. The number of aryl methyl sites for hydroxylation is 1. The van der Waals surface area contributed by atoms with Gasteiger partial charge < -0.3 is 14.8 Å². The molecule has 2 aromatic carbocycles. The Balaban J connectivity index is 1.23. The fraction of sp³-hybridized carbons (Fsp3) is 0.385. The highest BCUT2D eigenvalue weighted by Crippen LogP contribution is 2.28. The minimum atomic E-state index is -0.0287. The number of aromatic nitrogens is 1. The standard InChI is InChI=1S/C26H32N4O3S/c1-19-6-4-5-7-22(19)28-25(31)15-26-27-21(18-34-26)17-30-12-10-29(11-13-30)16-20-8-9-23(32-2)24(14-20)33-3/h4-9,14,18H,10-13,15-17H2,1-3H3,(H,28,31). The summed E-state index contributed by atoms with van der Waals surface area (Å²) < 4.78 is 10.8. The molecular formula is C26H32N4O3S. The van der Waals surface area contributed by atoms with Gasteiger partial charge in [-0.2, -0.15) is 0 Å². The lowest BCUT2D eigenvalue weighted by atomic mass is 10.1. The van der Waals surface area contributed by atoms with Crippen LogP contribution in [0.25, 0.3) is 0 Å². The number of nitrogens with zero attached hydrogens (tertiary/aromatic N) is 3. The van der Waals surface area contributed by atoms with Gasteiger partial charge in [-0.15, -0.1) is 11.3 Å². The molecule has 1 amide bonds. The molecule has 34 heavy (non-hydrogen) atoms. The Morgan fingerprint density at radius 1 is 1.00 bits per heavy atom. The Hall–Kier alpha value is -2.94. The van der Waals surface area contributed by atoms with Crippen molar-refractivity contribution in [3.8, 4) is 11.5 Å². The molecule has 1 aliphatic heterocycles. The fourth-order valence-electron chi connectivity index (χ4n) is 4.12. The van der Waals surface area contributed by atoms with E-state index in [0.29, 0.717) is 6.42 Å². The Morgan fingerprint density at radius 3 is 2.41 bits per heavy atom. The van der Waals surface area contributed by atoms with Crippen molar-refractivity contribution in [2.24, 2.45) is 0 Å². The van der Waals surface area contributed by atoms with Crippen LogP contribution in [0.3, 0.4) is 0 Å². The molecule has 0 aliphatic carbocycles. The van der Waals surface area contributed by atoms with Crippen molar-refractivity contribution in [3.05, 3.63) is 69.7 Å². The quantitative estimate of drug-likeness (QED) is 0.500. The molecule has 0 spiro atoms. The maximum Gasteiger partial charge on any atom is 0.231 e. The lowest BCUT2D eigenvalue weighted by Gasteiger charge is -2.34. The molecule has 1 aromatic heterocycles. The highest BCUT2D eigenvalue weighted by atomic mass is 32.1. The molecule has 0 radical (unpaired) electrons. The van der Waals surface area contributed by atoms with Gasteiger partial charge in [-0.3, -0.25) is 14.6 Å². The van der Waals surface area contributed by atoms with Crippen LogP contribution in [0.5, 0.6) is 11.5 Å². The summed E-state index contributed by atoms with van der Waals surface area (Å²) in [6.07, 6.45) is 0.304. The molecule has 4 rings (SSSR count). The summed E-state index contributed by atoms with van der Waals surface area (Å²) in [7, 11) is 3.32. The second-order valence-corrected chi connectivity index (χ2v) is 9.46. The summed E-state index contributed by atoms with van der Waals surface area (Å²) in [6.45, 7) is 7.70. The summed E-state index contributed by atoms with van der Waals surface area (Å²) in [5.41, 5.74) is 4.17. The van der Waals surface area contributed by atoms with E-state index in [1.165, 1.54) is 5.56 Å². The van der Waals surface area contributed by atoms with Crippen LogP contribution in [-0.4, -0.2) is 61.1 Å². The van der Waals surface area contributed by atoms with Gasteiger partial charge in [0.2, 0.25) is 5.91 Å². The number of benzene rings is 2. The van der Waals surface area contributed by atoms with Gasteiger partial charge in [-0.25, -0.2) is 4.98 Å². The van der Waals surface area contributed by atoms with Crippen molar-refractivity contribution in [2.45, 2.75) is 26.4 Å². The number of thiazole rings is 1. The number of hydrogen-bond acceptors (Lipinski definition) is 7. The fourth-order valence-corrected chi connectivity index (χ4v) is 4.90. The number of piperazine rings is 1. The highest BCUT2D eigenvalue weighted by molar-refractivity contribution is 7.09. The predicted molar refractivity (Wildman–Crippen MR) is 136 cm³/mol. The van der Waals surface area contributed by atoms with E-state index in [4.69, 9.17) is 14.5 Å². The maximum absolute atomic E-state index is 12.4. The Bertz CT molecular complexity index is 1110. The molecule has 0 atom stereocenters. The summed E-state index contributed by atoms with van der Waals surface area (Å²) >= 11 is 1.56. The summed E-state index contributed by atoms with van der Waals surface area (Å²) in [4.78, 5) is 22.0. The number of anilines is 1. The van der Waals surface area contributed by atoms with Gasteiger partial charge >= 0.3 is 0 Å². The Kier molecular flexibility index (Phi) is 8.16. The first-order chi connectivity index (χ1) is 16.5. The monoisotopic (exact) mass is 480 g/mol. The van der Waals surface area contributed by atoms with Crippen LogP contribution in [0.2, 0.25) is 0 Å². The van der Waals surface area contributed by atoms with Gasteiger partial charge in [0.05, 0.1) is 26.3 Å². The minimum absolute atomic E-state index is 0.0287. The van der Waals surface area contributed by atoms with Crippen molar-refractivity contribution < 1.29 is 14.3 Å². The number of carbonyl (C=O) groups is 1. The first-order valence-electron chi connectivity index (χ1n) is 11.5. The lowest BCUT2D eigenvalue weighted by molar-refractivity contribution is -0.115. The van der Waals surface area contributed by atoms with Crippen LogP contribution in [-0.2, 0) is 24.3 Å². The summed E-state index contributed by atoms with van der Waals surface area (Å²) in [5.74, 6) is 1.50. The van der Waals surface area contributed by atoms with Gasteiger partial charge in [0.25, 0.3) is 0 Å². The molecule has 1 saturated heterocycles. The number of methoxy groups -OCH3 is 2. The molecule has 0 bridgehead atoms. The zero-order valence-corrected chi connectivity index (χ0v) is 20.9.